The molecule has 1 aliphatic rings. The molecule has 26 heavy (non-hydrogen) atoms. The number of ether oxygens (including phenoxy) is 2. The van der Waals surface area contributed by atoms with Gasteiger partial charge in [0, 0.05) is 18.8 Å². The van der Waals surface area contributed by atoms with Gasteiger partial charge in [0.15, 0.2) is 0 Å². The van der Waals surface area contributed by atoms with E-state index in [2.05, 4.69) is 4.98 Å². The second-order valence-corrected chi connectivity index (χ2v) is 6.92. The van der Waals surface area contributed by atoms with Crippen LogP contribution in [0.25, 0.3) is 0 Å². The molecule has 2 rings (SSSR count). The van der Waals surface area contributed by atoms with Gasteiger partial charge in [-0.2, -0.15) is 0 Å². The van der Waals surface area contributed by atoms with Gasteiger partial charge < -0.3 is 19.4 Å². The number of hydrogen-bond donors (Lipinski definition) is 1. The van der Waals surface area contributed by atoms with Crippen molar-refractivity contribution in [1.82, 2.24) is 9.88 Å². The first kappa shape index (κ1) is 20.0. The highest BCUT2D eigenvalue weighted by Gasteiger charge is 2.32. The molecule has 7 heteroatoms. The Labute approximate surface area is 154 Å². The number of nitrogens with zero attached hydrogens (tertiary/aromatic N) is 1. The normalized spacial score (nSPS) is 17.3. The predicted octanol–water partition coefficient (Wildman–Crippen LogP) is 2.61. The molecule has 1 aromatic heterocycles. The predicted molar refractivity (Wildman–Crippen MR) is 96.1 cm³/mol. The van der Waals surface area contributed by atoms with Gasteiger partial charge in [-0.25, -0.2) is 4.79 Å². The van der Waals surface area contributed by atoms with Crippen molar-refractivity contribution in [3.05, 3.63) is 22.5 Å². The zero-order chi connectivity index (χ0) is 19.4. The van der Waals surface area contributed by atoms with Crippen LogP contribution in [0.4, 0.5) is 0 Å². The summed E-state index contributed by atoms with van der Waals surface area (Å²) in [6, 6.07) is 0. The molecule has 144 valence electrons. The van der Waals surface area contributed by atoms with E-state index >= 15 is 0 Å². The van der Waals surface area contributed by atoms with Gasteiger partial charge >= 0.3 is 11.9 Å². The van der Waals surface area contributed by atoms with Gasteiger partial charge in [-0.1, -0.05) is 0 Å². The molecule has 1 amide bonds. The number of aromatic amines is 1. The second-order valence-electron chi connectivity index (χ2n) is 6.92. The fourth-order valence-electron chi connectivity index (χ4n) is 3.32. The van der Waals surface area contributed by atoms with E-state index in [1.807, 2.05) is 0 Å². The van der Waals surface area contributed by atoms with Crippen molar-refractivity contribution in [2.45, 2.75) is 53.6 Å². The van der Waals surface area contributed by atoms with Crippen molar-refractivity contribution in [3.63, 3.8) is 0 Å². The third kappa shape index (κ3) is 4.26. The number of likely N-dealkylation sites (tertiary alicyclic amines) is 1. The van der Waals surface area contributed by atoms with E-state index < -0.39 is 5.97 Å². The quantitative estimate of drug-likeness (QED) is 0.811. The van der Waals surface area contributed by atoms with Gasteiger partial charge in [-0.15, -0.1) is 0 Å². The first-order chi connectivity index (χ1) is 12.3. The molecule has 1 aromatic rings. The average Bonchev–Trinajstić information content (AvgIpc) is 2.88. The molecule has 1 fully saturated rings. The SMILES string of the molecule is CCOC(=O)C1CCCN(C(=O)c2[nH]c(C)c(C(=O)OC(C)C)c2C)C1. The fraction of sp³-hybridized carbons (Fsp3) is 0.632. The molecule has 1 saturated heterocycles. The number of piperidine rings is 1. The lowest BCUT2D eigenvalue weighted by molar-refractivity contribution is -0.149. The molecule has 0 spiro atoms. The molecule has 1 N–H and O–H groups in total. The van der Waals surface area contributed by atoms with Crippen LogP contribution >= 0.6 is 0 Å². The van der Waals surface area contributed by atoms with Crippen molar-refractivity contribution >= 4 is 17.8 Å². The van der Waals surface area contributed by atoms with Crippen molar-refractivity contribution in [2.75, 3.05) is 19.7 Å². The van der Waals surface area contributed by atoms with Gasteiger partial charge in [-0.05, 0) is 53.0 Å². The molecule has 0 radical (unpaired) electrons. The number of nitrogens with one attached hydrogen (secondary N) is 1. The summed E-state index contributed by atoms with van der Waals surface area (Å²) in [6.45, 7) is 10.1. The third-order valence-electron chi connectivity index (χ3n) is 4.53. The van der Waals surface area contributed by atoms with Crippen LogP contribution in [0, 0.1) is 19.8 Å². The largest absolute Gasteiger partial charge is 0.466 e. The summed E-state index contributed by atoms with van der Waals surface area (Å²) in [5.74, 6) is -1.20. The van der Waals surface area contributed by atoms with E-state index in [1.165, 1.54) is 0 Å². The molecular weight excluding hydrogens is 336 g/mol. The molecule has 0 bridgehead atoms. The van der Waals surface area contributed by atoms with Gasteiger partial charge in [0.05, 0.1) is 24.2 Å². The topological polar surface area (TPSA) is 88.7 Å². The summed E-state index contributed by atoms with van der Waals surface area (Å²) >= 11 is 0. The summed E-state index contributed by atoms with van der Waals surface area (Å²) < 4.78 is 10.4. The van der Waals surface area contributed by atoms with Crippen LogP contribution < -0.4 is 0 Å². The van der Waals surface area contributed by atoms with Gasteiger partial charge in [-0.3, -0.25) is 9.59 Å². The monoisotopic (exact) mass is 364 g/mol. The standard InChI is InChI=1S/C19H28N2O5/c1-6-25-18(23)14-8-7-9-21(10-14)17(22)16-12(4)15(13(5)20-16)19(24)26-11(2)3/h11,14,20H,6-10H2,1-5H3. The number of rotatable bonds is 5. The van der Waals surface area contributed by atoms with Crippen molar-refractivity contribution in [1.29, 1.82) is 0 Å². The number of hydrogen-bond acceptors (Lipinski definition) is 5. The minimum absolute atomic E-state index is 0.205. The number of H-pyrrole nitrogens is 1. The van der Waals surface area contributed by atoms with E-state index in [4.69, 9.17) is 9.47 Å². The maximum absolute atomic E-state index is 12.9. The zero-order valence-corrected chi connectivity index (χ0v) is 16.2. The van der Waals surface area contributed by atoms with Crippen molar-refractivity contribution in [3.8, 4) is 0 Å². The Morgan fingerprint density at radius 1 is 1.27 bits per heavy atom. The van der Waals surface area contributed by atoms with Crippen molar-refractivity contribution < 1.29 is 23.9 Å². The number of carbonyl (C=O) groups is 3. The Morgan fingerprint density at radius 2 is 1.96 bits per heavy atom. The van der Waals surface area contributed by atoms with E-state index in [9.17, 15) is 14.4 Å². The Bertz CT molecular complexity index is 692. The Kier molecular flexibility index (Phi) is 6.45. The first-order valence-electron chi connectivity index (χ1n) is 9.12. The fourth-order valence-corrected chi connectivity index (χ4v) is 3.32. The summed E-state index contributed by atoms with van der Waals surface area (Å²) in [7, 11) is 0. The average molecular weight is 364 g/mol. The van der Waals surface area contributed by atoms with E-state index in [1.54, 1.807) is 39.5 Å². The van der Waals surface area contributed by atoms with Crippen LogP contribution in [0.15, 0.2) is 0 Å². The summed E-state index contributed by atoms with van der Waals surface area (Å²) in [5.41, 5.74) is 1.97. The molecule has 0 saturated carbocycles. The number of carbonyl (C=O) groups excluding carboxylic acids is 3. The number of aryl methyl sites for hydroxylation is 1. The zero-order valence-electron chi connectivity index (χ0n) is 16.2. The van der Waals surface area contributed by atoms with Gasteiger partial charge in [0.1, 0.15) is 5.69 Å². The van der Waals surface area contributed by atoms with Crippen molar-refractivity contribution in [2.24, 2.45) is 5.92 Å². The Hall–Kier alpha value is -2.31. The number of esters is 2. The lowest BCUT2D eigenvalue weighted by Crippen LogP contribution is -2.43. The highest BCUT2D eigenvalue weighted by atomic mass is 16.5. The lowest BCUT2D eigenvalue weighted by atomic mass is 9.97. The Balaban J connectivity index is 2.19. The Morgan fingerprint density at radius 3 is 2.58 bits per heavy atom. The maximum Gasteiger partial charge on any atom is 0.340 e. The van der Waals surface area contributed by atoms with E-state index in [-0.39, 0.29) is 23.9 Å². The second kappa shape index (κ2) is 8.38. The number of aromatic nitrogens is 1. The van der Waals surface area contributed by atoms with Gasteiger partial charge in [0.25, 0.3) is 5.91 Å². The van der Waals surface area contributed by atoms with Crippen LogP contribution in [0.1, 0.15) is 65.7 Å². The smallest absolute Gasteiger partial charge is 0.340 e. The molecule has 2 heterocycles. The van der Waals surface area contributed by atoms with Gasteiger partial charge in [0.2, 0.25) is 0 Å². The maximum atomic E-state index is 12.9. The molecular formula is C19H28N2O5. The van der Waals surface area contributed by atoms with E-state index in [0.29, 0.717) is 42.2 Å². The van der Waals surface area contributed by atoms with Crippen LogP contribution in [0.3, 0.4) is 0 Å². The minimum Gasteiger partial charge on any atom is -0.466 e. The minimum atomic E-state index is -0.437. The molecule has 1 aliphatic heterocycles. The first-order valence-corrected chi connectivity index (χ1v) is 9.12. The molecule has 7 nitrogen and oxygen atoms in total. The van der Waals surface area contributed by atoms with Crippen LogP contribution in [-0.4, -0.2) is 53.5 Å². The summed E-state index contributed by atoms with van der Waals surface area (Å²) in [5, 5.41) is 0. The van der Waals surface area contributed by atoms with Crippen LogP contribution in [0.5, 0.6) is 0 Å². The highest BCUT2D eigenvalue weighted by Crippen LogP contribution is 2.24. The molecule has 0 aromatic carbocycles. The summed E-state index contributed by atoms with van der Waals surface area (Å²) in [4.78, 5) is 41.9. The molecule has 1 atom stereocenters. The van der Waals surface area contributed by atoms with Crippen LogP contribution in [-0.2, 0) is 14.3 Å². The van der Waals surface area contributed by atoms with Crippen LogP contribution in [0.2, 0.25) is 0 Å². The number of amides is 1. The molecule has 0 aliphatic carbocycles. The third-order valence-corrected chi connectivity index (χ3v) is 4.53. The molecule has 1 unspecified atom stereocenters. The van der Waals surface area contributed by atoms with E-state index in [0.717, 1.165) is 12.8 Å². The summed E-state index contributed by atoms with van der Waals surface area (Å²) in [6.07, 6.45) is 1.23. The lowest BCUT2D eigenvalue weighted by Gasteiger charge is -2.31. The highest BCUT2D eigenvalue weighted by molar-refractivity contribution is 6.00.